The van der Waals surface area contributed by atoms with E-state index in [1.54, 1.807) is 25.4 Å². The zero-order valence-electron chi connectivity index (χ0n) is 30.7. The SMILES string of the molecule is CCCCCCCOc1ccc(-c2cnc(-c3ccc(C[C@H](NC(=O)c4ccc(C(C)(C)C)s4)C(=O)N[C@@H](CC(=O)O)C(=O)CC)cc3)nc2)cc1. The van der Waals surface area contributed by atoms with Crippen molar-refractivity contribution in [3.8, 4) is 28.3 Å². The van der Waals surface area contributed by atoms with Crippen molar-refractivity contribution in [1.29, 1.82) is 0 Å². The molecule has 4 aromatic rings. The highest BCUT2D eigenvalue weighted by Gasteiger charge is 2.29. The lowest BCUT2D eigenvalue weighted by Crippen LogP contribution is -2.52. The van der Waals surface area contributed by atoms with Crippen LogP contribution in [0.2, 0.25) is 0 Å². The number of ketones is 1. The number of benzene rings is 2. The highest BCUT2D eigenvalue weighted by molar-refractivity contribution is 7.14. The lowest BCUT2D eigenvalue weighted by atomic mass is 9.95. The van der Waals surface area contributed by atoms with E-state index in [2.05, 4.69) is 48.3 Å². The Morgan fingerprint density at radius 1 is 0.788 bits per heavy atom. The summed E-state index contributed by atoms with van der Waals surface area (Å²) in [6.45, 7) is 10.7. The van der Waals surface area contributed by atoms with Crippen molar-refractivity contribution >= 4 is 34.9 Å². The van der Waals surface area contributed by atoms with Crippen LogP contribution in [0.4, 0.5) is 0 Å². The van der Waals surface area contributed by atoms with Gasteiger partial charge in [0.2, 0.25) is 5.91 Å². The number of thiophene rings is 1. The lowest BCUT2D eigenvalue weighted by Gasteiger charge is -2.22. The number of carbonyl (C=O) groups is 4. The summed E-state index contributed by atoms with van der Waals surface area (Å²) in [6.07, 6.45) is 9.13. The van der Waals surface area contributed by atoms with Crippen LogP contribution in [-0.2, 0) is 26.2 Å². The zero-order valence-corrected chi connectivity index (χ0v) is 31.6. The van der Waals surface area contributed by atoms with E-state index in [1.807, 2.05) is 54.6 Å². The summed E-state index contributed by atoms with van der Waals surface area (Å²) in [5.74, 6) is -1.31. The molecule has 0 spiro atoms. The number of nitrogens with one attached hydrogen (secondary N) is 2. The molecule has 2 aromatic heterocycles. The third-order valence-electron chi connectivity index (χ3n) is 8.63. The minimum Gasteiger partial charge on any atom is -0.494 e. The standard InChI is InChI=1S/C41H50N4O6S/c1-6-8-9-10-11-22-51-31-18-16-28(17-19-31)30-25-42-38(43-26-30)29-14-12-27(13-15-29)23-33(39(49)44-32(24-37(47)48)34(46)7-2)45-40(50)35-20-21-36(52-35)41(3,4)5/h12-21,25-26,32-33H,6-11,22-24H2,1-5H3,(H,44,49)(H,45,50)(H,47,48)/t32-,33-/m0/s1. The molecule has 10 nitrogen and oxygen atoms in total. The van der Waals surface area contributed by atoms with Gasteiger partial charge in [0.1, 0.15) is 11.8 Å². The largest absolute Gasteiger partial charge is 0.494 e. The molecular formula is C41H50N4O6S. The number of rotatable bonds is 19. The summed E-state index contributed by atoms with van der Waals surface area (Å²) >= 11 is 1.35. The quantitative estimate of drug-likeness (QED) is 0.0830. The Morgan fingerprint density at radius 2 is 1.44 bits per heavy atom. The van der Waals surface area contributed by atoms with Gasteiger partial charge in [0.05, 0.1) is 23.9 Å². The number of Topliss-reactive ketones (excluding diaryl/α,β-unsaturated/α-hetero) is 1. The molecule has 0 aliphatic rings. The average Bonchev–Trinajstić information content (AvgIpc) is 3.65. The van der Waals surface area contributed by atoms with E-state index in [4.69, 9.17) is 4.74 Å². The van der Waals surface area contributed by atoms with Crippen molar-refractivity contribution in [3.63, 3.8) is 0 Å². The Morgan fingerprint density at radius 3 is 2.04 bits per heavy atom. The molecule has 0 aliphatic heterocycles. The number of aromatic nitrogens is 2. The monoisotopic (exact) mass is 726 g/mol. The normalized spacial score (nSPS) is 12.5. The van der Waals surface area contributed by atoms with Gasteiger partial charge in [0.25, 0.3) is 5.91 Å². The molecule has 3 N–H and O–H groups in total. The molecule has 2 aromatic carbocycles. The van der Waals surface area contributed by atoms with Crippen LogP contribution in [0.15, 0.2) is 73.1 Å². The molecule has 2 atom stereocenters. The molecule has 0 aliphatic carbocycles. The fraction of sp³-hybridized carbons (Fsp3) is 0.415. The number of ether oxygens (including phenoxy) is 1. The Kier molecular flexibility index (Phi) is 14.6. The molecule has 0 saturated carbocycles. The molecule has 52 heavy (non-hydrogen) atoms. The van der Waals surface area contributed by atoms with Crippen molar-refractivity contribution < 1.29 is 29.0 Å². The second kappa shape index (κ2) is 19.1. The Bertz CT molecular complexity index is 1780. The van der Waals surface area contributed by atoms with Crippen molar-refractivity contribution in [2.75, 3.05) is 6.61 Å². The summed E-state index contributed by atoms with van der Waals surface area (Å²) in [5, 5.41) is 14.7. The molecule has 0 bridgehead atoms. The van der Waals surface area contributed by atoms with Crippen LogP contribution in [0.1, 0.15) is 99.7 Å². The number of carboxylic acids is 1. The van der Waals surface area contributed by atoms with Crippen LogP contribution in [0.25, 0.3) is 22.5 Å². The van der Waals surface area contributed by atoms with E-state index in [0.29, 0.717) is 17.3 Å². The Hall–Kier alpha value is -4.90. The maximum Gasteiger partial charge on any atom is 0.305 e. The number of amides is 2. The maximum absolute atomic E-state index is 13.5. The number of carbonyl (C=O) groups excluding carboxylic acids is 3. The Balaban J connectivity index is 1.44. The van der Waals surface area contributed by atoms with Gasteiger partial charge in [-0.2, -0.15) is 0 Å². The van der Waals surface area contributed by atoms with Gasteiger partial charge >= 0.3 is 5.97 Å². The third kappa shape index (κ3) is 11.8. The van der Waals surface area contributed by atoms with E-state index in [-0.39, 0.29) is 18.3 Å². The summed E-state index contributed by atoms with van der Waals surface area (Å²) < 4.78 is 5.89. The number of aliphatic carboxylic acids is 1. The van der Waals surface area contributed by atoms with Gasteiger partial charge in [-0.05, 0) is 47.2 Å². The van der Waals surface area contributed by atoms with Crippen LogP contribution in [0.5, 0.6) is 5.75 Å². The number of carboxylic acid groups (broad SMARTS) is 1. The molecule has 0 saturated heterocycles. The fourth-order valence-corrected chi connectivity index (χ4v) is 6.50. The van der Waals surface area contributed by atoms with Gasteiger partial charge in [0.15, 0.2) is 11.6 Å². The van der Waals surface area contributed by atoms with Crippen LogP contribution >= 0.6 is 11.3 Å². The molecule has 276 valence electrons. The van der Waals surface area contributed by atoms with E-state index in [1.165, 1.54) is 37.0 Å². The van der Waals surface area contributed by atoms with Crippen LogP contribution in [-0.4, -0.2) is 57.3 Å². The summed E-state index contributed by atoms with van der Waals surface area (Å²) in [5.41, 5.74) is 3.21. The van der Waals surface area contributed by atoms with Crippen molar-refractivity contribution in [2.24, 2.45) is 0 Å². The molecule has 2 amide bonds. The molecule has 0 fully saturated rings. The molecule has 0 unspecified atom stereocenters. The second-order valence-corrected chi connectivity index (χ2v) is 15.0. The number of unbranched alkanes of at least 4 members (excludes halogenated alkanes) is 4. The highest BCUT2D eigenvalue weighted by Crippen LogP contribution is 2.30. The highest BCUT2D eigenvalue weighted by atomic mass is 32.1. The van der Waals surface area contributed by atoms with Gasteiger partial charge in [-0.1, -0.05) is 96.7 Å². The number of hydrogen-bond donors (Lipinski definition) is 3. The van der Waals surface area contributed by atoms with Crippen LogP contribution in [0.3, 0.4) is 0 Å². The summed E-state index contributed by atoms with van der Waals surface area (Å²) in [7, 11) is 0. The maximum atomic E-state index is 13.5. The Labute approximate surface area is 310 Å². The third-order valence-corrected chi connectivity index (χ3v) is 10.1. The van der Waals surface area contributed by atoms with Crippen LogP contribution < -0.4 is 15.4 Å². The number of nitrogens with zero attached hydrogens (tertiary/aromatic N) is 2. The fourth-order valence-electron chi connectivity index (χ4n) is 5.53. The lowest BCUT2D eigenvalue weighted by molar-refractivity contribution is -0.140. The predicted octanol–water partition coefficient (Wildman–Crippen LogP) is 7.80. The molecular weight excluding hydrogens is 677 g/mol. The minimum atomic E-state index is -1.21. The minimum absolute atomic E-state index is 0.0606. The molecule has 4 rings (SSSR count). The molecule has 2 heterocycles. The summed E-state index contributed by atoms with van der Waals surface area (Å²) in [6, 6.07) is 16.6. The van der Waals surface area contributed by atoms with Crippen molar-refractivity contribution in [3.05, 3.63) is 88.4 Å². The predicted molar refractivity (Wildman–Crippen MR) is 205 cm³/mol. The molecule has 11 heteroatoms. The van der Waals surface area contributed by atoms with Gasteiger partial charge in [-0.25, -0.2) is 9.97 Å². The van der Waals surface area contributed by atoms with Gasteiger partial charge < -0.3 is 20.5 Å². The van der Waals surface area contributed by atoms with Gasteiger partial charge in [-0.15, -0.1) is 11.3 Å². The molecule has 0 radical (unpaired) electrons. The van der Waals surface area contributed by atoms with E-state index in [0.717, 1.165) is 39.3 Å². The summed E-state index contributed by atoms with van der Waals surface area (Å²) in [4.78, 5) is 61.4. The average molecular weight is 727 g/mol. The van der Waals surface area contributed by atoms with Crippen molar-refractivity contribution in [2.45, 2.75) is 103 Å². The first-order valence-electron chi connectivity index (χ1n) is 18.0. The first-order valence-corrected chi connectivity index (χ1v) is 18.8. The number of hydrogen-bond acceptors (Lipinski definition) is 8. The van der Waals surface area contributed by atoms with E-state index >= 15 is 0 Å². The second-order valence-electron chi connectivity index (χ2n) is 13.9. The van der Waals surface area contributed by atoms with Crippen molar-refractivity contribution in [1.82, 2.24) is 20.6 Å². The first-order chi connectivity index (χ1) is 24.9. The topological polar surface area (TPSA) is 148 Å². The van der Waals surface area contributed by atoms with E-state index in [9.17, 15) is 24.3 Å². The van der Waals surface area contributed by atoms with Gasteiger partial charge in [-0.3, -0.25) is 19.2 Å². The van der Waals surface area contributed by atoms with Gasteiger partial charge in [0, 0.05) is 41.2 Å². The van der Waals surface area contributed by atoms with E-state index < -0.39 is 42.1 Å². The zero-order chi connectivity index (χ0) is 37.7. The first kappa shape index (κ1) is 39.9. The smallest absolute Gasteiger partial charge is 0.305 e. The van der Waals surface area contributed by atoms with Crippen LogP contribution in [0, 0.1) is 0 Å².